The number of rotatable bonds is 3. The molecule has 120 valence electrons. The molecule has 1 aliphatic carbocycles. The molecule has 0 unspecified atom stereocenters. The van der Waals surface area contributed by atoms with Crippen molar-refractivity contribution >= 4 is 28.3 Å². The fraction of sp³-hybridized carbons (Fsp3) is 0.200. The highest BCUT2D eigenvalue weighted by Crippen LogP contribution is 2.42. The van der Waals surface area contributed by atoms with Crippen LogP contribution in [0.25, 0.3) is 21.9 Å². The van der Waals surface area contributed by atoms with Crippen LogP contribution in [0.5, 0.6) is 0 Å². The number of aromatic nitrogens is 1. The van der Waals surface area contributed by atoms with E-state index < -0.39 is 0 Å². The van der Waals surface area contributed by atoms with E-state index in [4.69, 9.17) is 16.3 Å². The van der Waals surface area contributed by atoms with Crippen LogP contribution in [0.3, 0.4) is 0 Å². The summed E-state index contributed by atoms with van der Waals surface area (Å²) in [5.74, 6) is 0.216. The predicted octanol–water partition coefficient (Wildman–Crippen LogP) is 5.22. The maximum Gasteiger partial charge on any atom is 0.337 e. The van der Waals surface area contributed by atoms with Gasteiger partial charge in [0.1, 0.15) is 0 Å². The first-order valence-corrected chi connectivity index (χ1v) is 8.32. The van der Waals surface area contributed by atoms with Gasteiger partial charge in [-0.1, -0.05) is 35.9 Å². The predicted molar refractivity (Wildman–Crippen MR) is 95.5 cm³/mol. The molecule has 4 heteroatoms. The number of esters is 1. The zero-order valence-electron chi connectivity index (χ0n) is 13.3. The van der Waals surface area contributed by atoms with Crippen molar-refractivity contribution in [3.8, 4) is 11.1 Å². The third-order valence-corrected chi connectivity index (χ3v) is 4.77. The van der Waals surface area contributed by atoms with Crippen LogP contribution in [0.4, 0.5) is 0 Å². The van der Waals surface area contributed by atoms with Gasteiger partial charge in [-0.3, -0.25) is 4.98 Å². The van der Waals surface area contributed by atoms with E-state index >= 15 is 0 Å². The molecule has 1 aliphatic rings. The second kappa shape index (κ2) is 5.91. The van der Waals surface area contributed by atoms with Crippen molar-refractivity contribution in [2.75, 3.05) is 7.11 Å². The van der Waals surface area contributed by atoms with E-state index in [-0.39, 0.29) is 5.97 Å². The van der Waals surface area contributed by atoms with Gasteiger partial charge in [-0.2, -0.15) is 0 Å². The number of methoxy groups -OCH3 is 1. The number of ether oxygens (including phenoxy) is 1. The summed E-state index contributed by atoms with van der Waals surface area (Å²) in [6.45, 7) is 0. The summed E-state index contributed by atoms with van der Waals surface area (Å²) in [5, 5.41) is 2.66. The normalized spacial score (nSPS) is 13.9. The van der Waals surface area contributed by atoms with Crippen LogP contribution < -0.4 is 0 Å². The Kier molecular flexibility index (Phi) is 3.73. The molecule has 3 aromatic rings. The SMILES string of the molecule is COC(=O)c1ccc2cccc(-c3cc(C4CC4)ncc3Cl)c2c1. The smallest absolute Gasteiger partial charge is 0.337 e. The minimum Gasteiger partial charge on any atom is -0.465 e. The largest absolute Gasteiger partial charge is 0.465 e. The van der Waals surface area contributed by atoms with Gasteiger partial charge in [-0.05, 0) is 47.4 Å². The first-order chi connectivity index (χ1) is 11.7. The summed E-state index contributed by atoms with van der Waals surface area (Å²) in [5.41, 5.74) is 3.59. The molecule has 1 saturated carbocycles. The van der Waals surface area contributed by atoms with Crippen LogP contribution in [-0.2, 0) is 4.74 Å². The van der Waals surface area contributed by atoms with Crippen molar-refractivity contribution in [3.63, 3.8) is 0 Å². The van der Waals surface area contributed by atoms with Crippen molar-refractivity contribution in [3.05, 3.63) is 64.9 Å². The number of nitrogens with zero attached hydrogens (tertiary/aromatic N) is 1. The maximum absolute atomic E-state index is 11.9. The third kappa shape index (κ3) is 2.65. The average molecular weight is 338 g/mol. The van der Waals surface area contributed by atoms with E-state index in [2.05, 4.69) is 11.1 Å². The first kappa shape index (κ1) is 15.2. The van der Waals surface area contributed by atoms with Gasteiger partial charge < -0.3 is 4.74 Å². The zero-order valence-corrected chi connectivity index (χ0v) is 14.0. The van der Waals surface area contributed by atoms with Crippen molar-refractivity contribution in [1.82, 2.24) is 4.98 Å². The lowest BCUT2D eigenvalue weighted by Crippen LogP contribution is -2.00. The second-order valence-corrected chi connectivity index (χ2v) is 6.50. The molecule has 0 amide bonds. The molecule has 0 radical (unpaired) electrons. The minimum atomic E-state index is -0.341. The summed E-state index contributed by atoms with van der Waals surface area (Å²) in [6.07, 6.45) is 4.11. The molecule has 1 aromatic heterocycles. The maximum atomic E-state index is 11.9. The Morgan fingerprint density at radius 2 is 2.00 bits per heavy atom. The van der Waals surface area contributed by atoms with E-state index in [0.717, 1.165) is 27.6 Å². The summed E-state index contributed by atoms with van der Waals surface area (Å²) >= 11 is 6.43. The van der Waals surface area contributed by atoms with E-state index in [0.29, 0.717) is 16.5 Å². The van der Waals surface area contributed by atoms with Crippen LogP contribution in [0.2, 0.25) is 5.02 Å². The van der Waals surface area contributed by atoms with Gasteiger partial charge in [0.15, 0.2) is 0 Å². The van der Waals surface area contributed by atoms with Gasteiger partial charge in [0.2, 0.25) is 0 Å². The summed E-state index contributed by atoms with van der Waals surface area (Å²) in [4.78, 5) is 16.3. The standard InChI is InChI=1S/C20H16ClNO2/c1-24-20(23)14-8-5-12-3-2-4-15(16(12)9-14)17-10-19(13-6-7-13)22-11-18(17)21/h2-5,8-11,13H,6-7H2,1H3. The Hall–Kier alpha value is -2.39. The van der Waals surface area contributed by atoms with E-state index in [1.54, 1.807) is 12.3 Å². The fourth-order valence-corrected chi connectivity index (χ4v) is 3.22. The zero-order chi connectivity index (χ0) is 16.7. The highest BCUT2D eigenvalue weighted by atomic mass is 35.5. The molecule has 1 fully saturated rings. The monoisotopic (exact) mass is 337 g/mol. The number of carbonyl (C=O) groups is 1. The highest BCUT2D eigenvalue weighted by molar-refractivity contribution is 6.33. The van der Waals surface area contributed by atoms with Crippen LogP contribution in [0.1, 0.15) is 34.8 Å². The molecule has 1 heterocycles. The Bertz CT molecular complexity index is 948. The molecule has 0 bridgehead atoms. The number of benzene rings is 2. The van der Waals surface area contributed by atoms with E-state index in [1.165, 1.54) is 20.0 Å². The van der Waals surface area contributed by atoms with E-state index in [9.17, 15) is 4.79 Å². The molecule has 2 aromatic carbocycles. The Morgan fingerprint density at radius 1 is 1.17 bits per heavy atom. The van der Waals surface area contributed by atoms with E-state index in [1.807, 2.05) is 30.3 Å². The Balaban J connectivity index is 1.92. The van der Waals surface area contributed by atoms with Crippen molar-refractivity contribution < 1.29 is 9.53 Å². The van der Waals surface area contributed by atoms with Crippen molar-refractivity contribution in [2.45, 2.75) is 18.8 Å². The number of carbonyl (C=O) groups excluding carboxylic acids is 1. The van der Waals surface area contributed by atoms with Crippen molar-refractivity contribution in [1.29, 1.82) is 0 Å². The number of pyridine rings is 1. The average Bonchev–Trinajstić information content (AvgIpc) is 3.46. The first-order valence-electron chi connectivity index (χ1n) is 7.94. The summed E-state index contributed by atoms with van der Waals surface area (Å²) < 4.78 is 4.84. The van der Waals surface area contributed by atoms with Gasteiger partial charge in [0.25, 0.3) is 0 Å². The molecule has 24 heavy (non-hydrogen) atoms. The van der Waals surface area contributed by atoms with Crippen LogP contribution in [-0.4, -0.2) is 18.1 Å². The quantitative estimate of drug-likeness (QED) is 0.615. The molecule has 0 aliphatic heterocycles. The lowest BCUT2D eigenvalue weighted by atomic mass is 9.96. The lowest BCUT2D eigenvalue weighted by Gasteiger charge is -2.11. The molecule has 3 nitrogen and oxygen atoms in total. The van der Waals surface area contributed by atoms with Gasteiger partial charge in [-0.25, -0.2) is 4.79 Å². The Labute approximate surface area is 145 Å². The lowest BCUT2D eigenvalue weighted by molar-refractivity contribution is 0.0601. The molecule has 4 rings (SSSR count). The second-order valence-electron chi connectivity index (χ2n) is 6.10. The molecule has 0 spiro atoms. The summed E-state index contributed by atoms with van der Waals surface area (Å²) in [6, 6.07) is 13.7. The molecule has 0 atom stereocenters. The molecule has 0 saturated heterocycles. The van der Waals surface area contributed by atoms with Gasteiger partial charge in [0, 0.05) is 23.4 Å². The van der Waals surface area contributed by atoms with Crippen LogP contribution in [0, 0.1) is 0 Å². The van der Waals surface area contributed by atoms with Crippen molar-refractivity contribution in [2.24, 2.45) is 0 Å². The summed E-state index contributed by atoms with van der Waals surface area (Å²) in [7, 11) is 1.39. The molecule has 0 N–H and O–H groups in total. The number of halogens is 1. The number of hydrogen-bond donors (Lipinski definition) is 0. The minimum absolute atomic E-state index is 0.341. The Morgan fingerprint density at radius 3 is 2.75 bits per heavy atom. The fourth-order valence-electron chi connectivity index (χ4n) is 3.02. The van der Waals surface area contributed by atoms with Gasteiger partial charge in [0.05, 0.1) is 17.7 Å². The van der Waals surface area contributed by atoms with Crippen LogP contribution in [0.15, 0.2) is 48.7 Å². The molecular formula is C20H16ClNO2. The third-order valence-electron chi connectivity index (χ3n) is 4.47. The van der Waals surface area contributed by atoms with Crippen LogP contribution >= 0.6 is 11.6 Å². The van der Waals surface area contributed by atoms with Gasteiger partial charge in [-0.15, -0.1) is 0 Å². The number of fused-ring (bicyclic) bond motifs is 1. The topological polar surface area (TPSA) is 39.2 Å². The highest BCUT2D eigenvalue weighted by Gasteiger charge is 2.26. The molecular weight excluding hydrogens is 322 g/mol. The van der Waals surface area contributed by atoms with Gasteiger partial charge >= 0.3 is 5.97 Å². The number of hydrogen-bond acceptors (Lipinski definition) is 3.